The van der Waals surface area contributed by atoms with Gasteiger partial charge >= 0.3 is 5.97 Å². The molecule has 1 saturated carbocycles. The summed E-state index contributed by atoms with van der Waals surface area (Å²) in [6.45, 7) is 12.1. The van der Waals surface area contributed by atoms with Crippen molar-refractivity contribution in [3.8, 4) is 0 Å². The first-order valence-corrected chi connectivity index (χ1v) is 8.12. The van der Waals surface area contributed by atoms with Gasteiger partial charge in [-0.3, -0.25) is 4.79 Å². The topological polar surface area (TPSA) is 55.6 Å². The molecule has 0 saturated heterocycles. The van der Waals surface area contributed by atoms with E-state index in [1.807, 2.05) is 6.92 Å². The van der Waals surface area contributed by atoms with E-state index in [2.05, 4.69) is 25.7 Å². The molecule has 20 heavy (non-hydrogen) atoms. The number of esters is 1. The summed E-state index contributed by atoms with van der Waals surface area (Å²) < 4.78 is 5.18. The number of carbonyl (C=O) groups excluding carboxylic acids is 1. The number of hydrogen-bond acceptors (Lipinski definition) is 4. The van der Waals surface area contributed by atoms with Gasteiger partial charge in [0.05, 0.1) is 6.61 Å². The molecular formula is C16H32N2O2. The highest BCUT2D eigenvalue weighted by Gasteiger charge is 2.46. The van der Waals surface area contributed by atoms with Crippen LogP contribution in [0.1, 0.15) is 53.4 Å². The maximum Gasteiger partial charge on any atom is 0.326 e. The van der Waals surface area contributed by atoms with Crippen molar-refractivity contribution >= 4 is 5.97 Å². The Morgan fingerprint density at radius 3 is 2.70 bits per heavy atom. The number of hydrogen-bond donors (Lipinski definition) is 1. The van der Waals surface area contributed by atoms with Crippen molar-refractivity contribution in [2.75, 3.05) is 26.2 Å². The molecule has 0 radical (unpaired) electrons. The molecule has 0 spiro atoms. The van der Waals surface area contributed by atoms with Crippen molar-refractivity contribution in [3.05, 3.63) is 0 Å². The van der Waals surface area contributed by atoms with Crippen molar-refractivity contribution in [2.45, 2.75) is 58.9 Å². The molecule has 0 aromatic carbocycles. The van der Waals surface area contributed by atoms with Crippen LogP contribution in [-0.4, -0.2) is 42.6 Å². The number of carbonyl (C=O) groups is 1. The summed E-state index contributed by atoms with van der Waals surface area (Å²) in [5.74, 6) is 0.739. The molecule has 2 unspecified atom stereocenters. The first-order chi connectivity index (χ1) is 9.43. The van der Waals surface area contributed by atoms with Crippen LogP contribution in [0.5, 0.6) is 0 Å². The Morgan fingerprint density at radius 2 is 2.15 bits per heavy atom. The first-order valence-electron chi connectivity index (χ1n) is 8.12. The van der Waals surface area contributed by atoms with E-state index in [0.29, 0.717) is 12.5 Å². The second-order valence-corrected chi connectivity index (χ2v) is 6.43. The predicted octanol–water partition coefficient (Wildman–Crippen LogP) is 2.42. The van der Waals surface area contributed by atoms with Gasteiger partial charge < -0.3 is 15.4 Å². The molecule has 0 amide bonds. The summed E-state index contributed by atoms with van der Waals surface area (Å²) in [5.41, 5.74) is 5.63. The van der Waals surface area contributed by atoms with Gasteiger partial charge in [0.15, 0.2) is 0 Å². The molecule has 1 aliphatic rings. The lowest BCUT2D eigenvalue weighted by Gasteiger charge is -2.31. The van der Waals surface area contributed by atoms with Gasteiger partial charge in [-0.15, -0.1) is 0 Å². The second kappa shape index (κ2) is 7.99. The Morgan fingerprint density at radius 1 is 1.45 bits per heavy atom. The number of ether oxygens (including phenoxy) is 1. The average Bonchev–Trinajstić information content (AvgIpc) is 2.77. The molecule has 0 heterocycles. The van der Waals surface area contributed by atoms with Crippen LogP contribution in [0.2, 0.25) is 0 Å². The third-order valence-corrected chi connectivity index (χ3v) is 4.39. The minimum atomic E-state index is -0.743. The molecule has 0 bridgehead atoms. The van der Waals surface area contributed by atoms with E-state index in [4.69, 9.17) is 10.5 Å². The van der Waals surface area contributed by atoms with Crippen LogP contribution < -0.4 is 5.73 Å². The predicted molar refractivity (Wildman–Crippen MR) is 82.5 cm³/mol. The zero-order valence-corrected chi connectivity index (χ0v) is 13.7. The Labute approximate surface area is 124 Å². The van der Waals surface area contributed by atoms with Gasteiger partial charge in [0.1, 0.15) is 5.54 Å². The van der Waals surface area contributed by atoms with E-state index in [1.165, 1.54) is 0 Å². The van der Waals surface area contributed by atoms with Crippen LogP contribution in [0.3, 0.4) is 0 Å². The summed E-state index contributed by atoms with van der Waals surface area (Å²) in [6, 6.07) is 0. The molecule has 1 fully saturated rings. The fourth-order valence-corrected chi connectivity index (χ4v) is 3.27. The lowest BCUT2D eigenvalue weighted by Crippen LogP contribution is -2.52. The number of rotatable bonds is 8. The molecule has 4 heteroatoms. The molecule has 2 N–H and O–H groups in total. The average molecular weight is 284 g/mol. The smallest absolute Gasteiger partial charge is 0.326 e. The number of nitrogens with zero attached hydrogens (tertiary/aromatic N) is 1. The normalized spacial score (nSPS) is 26.4. The Hall–Kier alpha value is -0.610. The van der Waals surface area contributed by atoms with Crippen LogP contribution in [0, 0.1) is 11.8 Å². The van der Waals surface area contributed by atoms with Gasteiger partial charge in [-0.05, 0) is 51.1 Å². The van der Waals surface area contributed by atoms with Crippen molar-refractivity contribution in [1.29, 1.82) is 0 Å². The molecule has 4 nitrogen and oxygen atoms in total. The molecular weight excluding hydrogens is 252 g/mol. The van der Waals surface area contributed by atoms with Crippen LogP contribution in [0.4, 0.5) is 0 Å². The van der Waals surface area contributed by atoms with E-state index in [0.717, 1.165) is 45.3 Å². The Kier molecular flexibility index (Phi) is 6.96. The van der Waals surface area contributed by atoms with Crippen molar-refractivity contribution < 1.29 is 9.53 Å². The highest BCUT2D eigenvalue weighted by atomic mass is 16.5. The lowest BCUT2D eigenvalue weighted by molar-refractivity contribution is -0.151. The SMILES string of the molecule is CCOC(=O)C1(N)CCCC1CCN(CC)CC(C)C. The zero-order chi connectivity index (χ0) is 15.2. The summed E-state index contributed by atoms with van der Waals surface area (Å²) in [4.78, 5) is 14.6. The molecule has 118 valence electrons. The van der Waals surface area contributed by atoms with Gasteiger partial charge in [-0.25, -0.2) is 0 Å². The summed E-state index contributed by atoms with van der Waals surface area (Å²) in [5, 5.41) is 0. The standard InChI is InChI=1S/C16H32N2O2/c1-5-18(12-13(3)4)11-9-14-8-7-10-16(14,17)15(19)20-6-2/h13-14H,5-12,17H2,1-4H3. The van der Waals surface area contributed by atoms with E-state index < -0.39 is 5.54 Å². The molecule has 0 aliphatic heterocycles. The quantitative estimate of drug-likeness (QED) is 0.695. The maximum absolute atomic E-state index is 12.1. The van der Waals surface area contributed by atoms with Crippen LogP contribution in [0.15, 0.2) is 0 Å². The zero-order valence-electron chi connectivity index (χ0n) is 13.7. The number of nitrogens with two attached hydrogens (primary N) is 1. The second-order valence-electron chi connectivity index (χ2n) is 6.43. The van der Waals surface area contributed by atoms with Crippen LogP contribution in [0.25, 0.3) is 0 Å². The fraction of sp³-hybridized carbons (Fsp3) is 0.938. The van der Waals surface area contributed by atoms with E-state index in [9.17, 15) is 4.79 Å². The summed E-state index contributed by atoms with van der Waals surface area (Å²) >= 11 is 0. The highest BCUT2D eigenvalue weighted by molar-refractivity contribution is 5.81. The van der Waals surface area contributed by atoms with E-state index in [-0.39, 0.29) is 11.9 Å². The van der Waals surface area contributed by atoms with E-state index in [1.54, 1.807) is 0 Å². The summed E-state index contributed by atoms with van der Waals surface area (Å²) in [6.07, 6.45) is 3.85. The van der Waals surface area contributed by atoms with Gasteiger partial charge in [-0.2, -0.15) is 0 Å². The third kappa shape index (κ3) is 4.45. The minimum absolute atomic E-state index is 0.200. The van der Waals surface area contributed by atoms with Crippen molar-refractivity contribution in [2.24, 2.45) is 17.6 Å². The Balaban J connectivity index is 2.55. The third-order valence-electron chi connectivity index (χ3n) is 4.39. The minimum Gasteiger partial charge on any atom is -0.465 e. The van der Waals surface area contributed by atoms with Gasteiger partial charge in [0.25, 0.3) is 0 Å². The van der Waals surface area contributed by atoms with Crippen molar-refractivity contribution in [1.82, 2.24) is 4.90 Å². The van der Waals surface area contributed by atoms with Crippen molar-refractivity contribution in [3.63, 3.8) is 0 Å². The Bertz CT molecular complexity index is 307. The highest BCUT2D eigenvalue weighted by Crippen LogP contribution is 2.37. The van der Waals surface area contributed by atoms with E-state index >= 15 is 0 Å². The maximum atomic E-state index is 12.1. The van der Waals surface area contributed by atoms with Crippen LogP contribution in [-0.2, 0) is 9.53 Å². The van der Waals surface area contributed by atoms with Crippen LogP contribution >= 0.6 is 0 Å². The molecule has 2 atom stereocenters. The molecule has 1 rings (SSSR count). The largest absolute Gasteiger partial charge is 0.465 e. The fourth-order valence-electron chi connectivity index (χ4n) is 3.27. The monoisotopic (exact) mass is 284 g/mol. The van der Waals surface area contributed by atoms with Gasteiger partial charge in [-0.1, -0.05) is 27.2 Å². The molecule has 0 aromatic heterocycles. The lowest BCUT2D eigenvalue weighted by atomic mass is 9.85. The molecule has 0 aromatic rings. The molecule has 1 aliphatic carbocycles. The van der Waals surface area contributed by atoms with Gasteiger partial charge in [0, 0.05) is 6.54 Å². The summed E-state index contributed by atoms with van der Waals surface area (Å²) in [7, 11) is 0. The first kappa shape index (κ1) is 17.4. The van der Waals surface area contributed by atoms with Gasteiger partial charge in [0.2, 0.25) is 0 Å².